The van der Waals surface area contributed by atoms with Crippen LogP contribution in [0.25, 0.3) is 11.4 Å². The van der Waals surface area contributed by atoms with Crippen LogP contribution in [-0.4, -0.2) is 28.0 Å². The van der Waals surface area contributed by atoms with Crippen LogP contribution >= 0.6 is 0 Å². The predicted octanol–water partition coefficient (Wildman–Crippen LogP) is 4.59. The summed E-state index contributed by atoms with van der Waals surface area (Å²) >= 11 is 0. The number of nitrogens with zero attached hydrogens (tertiary/aromatic N) is 2. The molecule has 0 spiro atoms. The standard InChI is InChI=1S/C17H20F3N3O/c1-16(2,3)15-7-13(22-23-15)12-6-14(24-9-17(18,19)20)11(8-21-12)10-4-5-10/h6-8,10H,4-5,9H2,1-3H3,(H,22,23). The molecule has 3 rings (SSSR count). The molecule has 2 aromatic rings. The van der Waals surface area contributed by atoms with Gasteiger partial charge in [-0.3, -0.25) is 10.1 Å². The van der Waals surface area contributed by atoms with Crippen LogP contribution in [0.3, 0.4) is 0 Å². The van der Waals surface area contributed by atoms with Gasteiger partial charge in [-0.25, -0.2) is 0 Å². The Hall–Kier alpha value is -2.05. The molecule has 0 radical (unpaired) electrons. The van der Waals surface area contributed by atoms with Gasteiger partial charge in [0.15, 0.2) is 6.61 Å². The van der Waals surface area contributed by atoms with Gasteiger partial charge in [0.1, 0.15) is 11.4 Å². The Kier molecular flexibility index (Phi) is 4.05. The number of nitrogens with one attached hydrogen (secondary N) is 1. The molecule has 130 valence electrons. The number of alkyl halides is 3. The first-order chi connectivity index (χ1) is 11.1. The second-order valence-corrected chi connectivity index (χ2v) is 7.20. The number of rotatable bonds is 4. The second-order valence-electron chi connectivity index (χ2n) is 7.20. The van der Waals surface area contributed by atoms with E-state index in [-0.39, 0.29) is 17.1 Å². The average Bonchev–Trinajstić information content (AvgIpc) is 3.18. The number of aromatic nitrogens is 3. The van der Waals surface area contributed by atoms with Gasteiger partial charge in [-0.15, -0.1) is 0 Å². The summed E-state index contributed by atoms with van der Waals surface area (Å²) in [6.45, 7) is 4.84. The minimum absolute atomic E-state index is 0.102. The molecule has 0 unspecified atom stereocenters. The Balaban J connectivity index is 1.90. The number of H-pyrrole nitrogens is 1. The lowest BCUT2D eigenvalue weighted by Crippen LogP contribution is -2.19. The highest BCUT2D eigenvalue weighted by molar-refractivity contribution is 5.58. The van der Waals surface area contributed by atoms with Crippen LogP contribution in [0.2, 0.25) is 0 Å². The van der Waals surface area contributed by atoms with Crippen molar-refractivity contribution in [3.8, 4) is 17.1 Å². The maximum Gasteiger partial charge on any atom is 0.422 e. The molecule has 4 nitrogen and oxygen atoms in total. The average molecular weight is 339 g/mol. The molecule has 1 aliphatic rings. The lowest BCUT2D eigenvalue weighted by Gasteiger charge is -2.14. The molecule has 0 aromatic carbocycles. The maximum absolute atomic E-state index is 12.5. The summed E-state index contributed by atoms with van der Waals surface area (Å²) in [4.78, 5) is 4.37. The van der Waals surface area contributed by atoms with Gasteiger partial charge in [-0.1, -0.05) is 20.8 Å². The van der Waals surface area contributed by atoms with E-state index in [9.17, 15) is 13.2 Å². The molecule has 7 heteroatoms. The van der Waals surface area contributed by atoms with Gasteiger partial charge in [-0.2, -0.15) is 18.3 Å². The number of halogens is 3. The van der Waals surface area contributed by atoms with Crippen LogP contribution in [0.15, 0.2) is 18.3 Å². The summed E-state index contributed by atoms with van der Waals surface area (Å²) in [5, 5.41) is 7.19. The zero-order chi connectivity index (χ0) is 17.5. The summed E-state index contributed by atoms with van der Waals surface area (Å²) in [6.07, 6.45) is -0.833. The fourth-order valence-electron chi connectivity index (χ4n) is 2.41. The van der Waals surface area contributed by atoms with Crippen LogP contribution in [0.4, 0.5) is 13.2 Å². The second kappa shape index (κ2) is 5.79. The van der Waals surface area contributed by atoms with Crippen LogP contribution in [0.1, 0.15) is 50.8 Å². The minimum Gasteiger partial charge on any atom is -0.484 e. The van der Waals surface area contributed by atoms with Crippen molar-refractivity contribution >= 4 is 0 Å². The first-order valence-electron chi connectivity index (χ1n) is 7.89. The van der Waals surface area contributed by atoms with Crippen LogP contribution in [-0.2, 0) is 5.41 Å². The maximum atomic E-state index is 12.5. The van der Waals surface area contributed by atoms with Crippen molar-refractivity contribution in [3.63, 3.8) is 0 Å². The Labute approximate surface area is 138 Å². The minimum atomic E-state index is -4.37. The molecule has 1 saturated carbocycles. The number of hydrogen-bond acceptors (Lipinski definition) is 3. The number of hydrogen-bond donors (Lipinski definition) is 1. The molecular weight excluding hydrogens is 319 g/mol. The van der Waals surface area contributed by atoms with Crippen molar-refractivity contribution in [1.29, 1.82) is 0 Å². The Bertz CT molecular complexity index is 727. The quantitative estimate of drug-likeness (QED) is 0.886. The molecule has 1 fully saturated rings. The highest BCUT2D eigenvalue weighted by Crippen LogP contribution is 2.45. The molecule has 0 aliphatic heterocycles. The summed E-state index contributed by atoms with van der Waals surface area (Å²) in [7, 11) is 0. The molecule has 24 heavy (non-hydrogen) atoms. The fraction of sp³-hybridized carbons (Fsp3) is 0.529. The van der Waals surface area contributed by atoms with Crippen LogP contribution in [0, 0.1) is 0 Å². The SMILES string of the molecule is CC(C)(C)c1cc(-c2cc(OCC(F)(F)F)c(C3CC3)cn2)n[nH]1. The van der Waals surface area contributed by atoms with Gasteiger partial charge in [0.05, 0.1) is 5.69 Å². The number of aromatic amines is 1. The summed E-state index contributed by atoms with van der Waals surface area (Å²) < 4.78 is 42.5. The van der Waals surface area contributed by atoms with Crippen molar-refractivity contribution in [1.82, 2.24) is 15.2 Å². The zero-order valence-corrected chi connectivity index (χ0v) is 13.9. The van der Waals surface area contributed by atoms with Crippen molar-refractivity contribution < 1.29 is 17.9 Å². The molecule has 2 heterocycles. The monoisotopic (exact) mass is 339 g/mol. The predicted molar refractivity (Wildman–Crippen MR) is 84.0 cm³/mol. The van der Waals surface area contributed by atoms with Crippen LogP contribution < -0.4 is 4.74 Å². The van der Waals surface area contributed by atoms with Crippen molar-refractivity contribution in [3.05, 3.63) is 29.6 Å². The molecule has 0 saturated heterocycles. The van der Waals surface area contributed by atoms with Crippen LogP contribution in [0.5, 0.6) is 5.75 Å². The van der Waals surface area contributed by atoms with Crippen molar-refractivity contribution in [2.24, 2.45) is 0 Å². The summed E-state index contributed by atoms with van der Waals surface area (Å²) in [5.74, 6) is 0.499. The molecule has 1 aliphatic carbocycles. The third-order valence-electron chi connectivity index (χ3n) is 3.95. The van der Waals surface area contributed by atoms with E-state index in [1.807, 2.05) is 26.8 Å². The van der Waals surface area contributed by atoms with E-state index < -0.39 is 12.8 Å². The lowest BCUT2D eigenvalue weighted by atomic mass is 9.92. The molecule has 1 N–H and O–H groups in total. The third-order valence-corrected chi connectivity index (χ3v) is 3.95. The highest BCUT2D eigenvalue weighted by atomic mass is 19.4. The van der Waals surface area contributed by atoms with Gasteiger partial charge in [0.2, 0.25) is 0 Å². The third kappa shape index (κ3) is 3.88. The summed E-state index contributed by atoms with van der Waals surface area (Å²) in [5.41, 5.74) is 2.68. The van der Waals surface area contributed by atoms with Gasteiger partial charge in [-0.05, 0) is 24.8 Å². The first kappa shape index (κ1) is 16.8. The highest BCUT2D eigenvalue weighted by Gasteiger charge is 2.32. The Morgan fingerprint density at radius 1 is 1.17 bits per heavy atom. The fourth-order valence-corrected chi connectivity index (χ4v) is 2.41. The topological polar surface area (TPSA) is 50.8 Å². The van der Waals surface area contributed by atoms with Crippen molar-refractivity contribution in [2.75, 3.05) is 6.61 Å². The van der Waals surface area contributed by atoms with Gasteiger partial charge >= 0.3 is 6.18 Å². The molecule has 0 amide bonds. The molecule has 2 aromatic heterocycles. The summed E-state index contributed by atoms with van der Waals surface area (Å²) in [6, 6.07) is 3.43. The van der Waals surface area contributed by atoms with Gasteiger partial charge in [0.25, 0.3) is 0 Å². The Morgan fingerprint density at radius 3 is 2.42 bits per heavy atom. The molecule has 0 bridgehead atoms. The Morgan fingerprint density at radius 2 is 1.88 bits per heavy atom. The number of pyridine rings is 1. The smallest absolute Gasteiger partial charge is 0.422 e. The van der Waals surface area contributed by atoms with E-state index in [4.69, 9.17) is 4.74 Å². The van der Waals surface area contributed by atoms with E-state index in [0.29, 0.717) is 11.4 Å². The first-order valence-corrected chi connectivity index (χ1v) is 7.89. The number of ether oxygens (including phenoxy) is 1. The van der Waals surface area contributed by atoms with E-state index in [2.05, 4.69) is 15.2 Å². The lowest BCUT2D eigenvalue weighted by molar-refractivity contribution is -0.153. The largest absolute Gasteiger partial charge is 0.484 e. The van der Waals surface area contributed by atoms with Gasteiger partial charge in [0, 0.05) is 28.9 Å². The molecule has 0 atom stereocenters. The van der Waals surface area contributed by atoms with E-state index in [1.54, 1.807) is 12.3 Å². The van der Waals surface area contributed by atoms with E-state index >= 15 is 0 Å². The van der Waals surface area contributed by atoms with E-state index in [0.717, 1.165) is 24.1 Å². The normalized spacial score (nSPS) is 15.6. The molecular formula is C17H20F3N3O. The van der Waals surface area contributed by atoms with Gasteiger partial charge < -0.3 is 4.74 Å². The zero-order valence-electron chi connectivity index (χ0n) is 13.9. The van der Waals surface area contributed by atoms with E-state index in [1.165, 1.54) is 0 Å². The van der Waals surface area contributed by atoms with Crippen molar-refractivity contribution in [2.45, 2.75) is 51.1 Å².